The molecule has 0 spiro atoms. The second-order valence-corrected chi connectivity index (χ2v) is 5.28. The fourth-order valence-corrected chi connectivity index (χ4v) is 1.87. The summed E-state index contributed by atoms with van der Waals surface area (Å²) in [5.74, 6) is -0.626. The van der Waals surface area contributed by atoms with Crippen LogP contribution in [-0.4, -0.2) is 24.3 Å². The molecule has 0 bridgehead atoms. The van der Waals surface area contributed by atoms with Gasteiger partial charge in [0, 0.05) is 15.7 Å². The van der Waals surface area contributed by atoms with Crippen LogP contribution in [0.5, 0.6) is 0 Å². The van der Waals surface area contributed by atoms with E-state index in [1.54, 1.807) is 6.92 Å². The van der Waals surface area contributed by atoms with Gasteiger partial charge >= 0.3 is 12.1 Å². The van der Waals surface area contributed by atoms with Crippen molar-refractivity contribution in [1.82, 2.24) is 0 Å². The molecule has 0 fully saturated rings. The van der Waals surface area contributed by atoms with Gasteiger partial charge in [-0.2, -0.15) is 0 Å². The smallest absolute Gasteiger partial charge is 0.412 e. The fraction of sp³-hybridized carbons (Fsp3) is 0.385. The van der Waals surface area contributed by atoms with E-state index in [1.807, 2.05) is 0 Å². The molecule has 0 unspecified atom stereocenters. The first kappa shape index (κ1) is 16.6. The number of hydrogen-bond donors (Lipinski definition) is 1. The van der Waals surface area contributed by atoms with Crippen LogP contribution < -0.4 is 5.32 Å². The summed E-state index contributed by atoms with van der Waals surface area (Å²) in [5, 5.41) is 3.18. The number of carbonyl (C=O) groups excluding carboxylic acids is 2. The highest BCUT2D eigenvalue weighted by atomic mass is 35.5. The van der Waals surface area contributed by atoms with Gasteiger partial charge in [0.2, 0.25) is 5.60 Å². The number of rotatable bonds is 4. The molecule has 0 aliphatic heterocycles. The Kier molecular flexibility index (Phi) is 5.65. The number of nitrogens with one attached hydrogen (secondary N) is 1. The summed E-state index contributed by atoms with van der Waals surface area (Å²) in [6.45, 7) is 4.75. The average molecular weight is 320 g/mol. The molecule has 1 N–H and O–H groups in total. The summed E-state index contributed by atoms with van der Waals surface area (Å²) >= 11 is 11.6. The van der Waals surface area contributed by atoms with Gasteiger partial charge < -0.3 is 9.47 Å². The topological polar surface area (TPSA) is 64.6 Å². The van der Waals surface area contributed by atoms with E-state index >= 15 is 0 Å². The van der Waals surface area contributed by atoms with Crippen molar-refractivity contribution in [1.29, 1.82) is 0 Å². The largest absolute Gasteiger partial charge is 0.463 e. The third kappa shape index (κ3) is 4.90. The molecule has 0 atom stereocenters. The Bertz CT molecular complexity index is 497. The minimum absolute atomic E-state index is 0.205. The Balaban J connectivity index is 2.70. The van der Waals surface area contributed by atoms with Gasteiger partial charge in [-0.15, -0.1) is 0 Å². The highest BCUT2D eigenvalue weighted by molar-refractivity contribution is 6.35. The van der Waals surface area contributed by atoms with Gasteiger partial charge in [-0.25, -0.2) is 9.59 Å². The summed E-state index contributed by atoms with van der Waals surface area (Å²) in [5.41, 5.74) is -1.02. The van der Waals surface area contributed by atoms with Crippen LogP contribution in [0.2, 0.25) is 10.0 Å². The lowest BCUT2D eigenvalue weighted by atomic mass is 10.1. The van der Waals surface area contributed by atoms with Crippen LogP contribution in [0, 0.1) is 0 Å². The zero-order valence-electron chi connectivity index (χ0n) is 11.3. The summed E-state index contributed by atoms with van der Waals surface area (Å²) in [4.78, 5) is 23.3. The number of hydrogen-bond acceptors (Lipinski definition) is 4. The number of benzene rings is 1. The van der Waals surface area contributed by atoms with Gasteiger partial charge in [-0.3, -0.25) is 5.32 Å². The van der Waals surface area contributed by atoms with Crippen LogP contribution in [-0.2, 0) is 14.3 Å². The Hall–Kier alpha value is -1.46. The first-order valence-electron chi connectivity index (χ1n) is 5.88. The molecule has 5 nitrogen and oxygen atoms in total. The minimum Gasteiger partial charge on any atom is -0.463 e. The van der Waals surface area contributed by atoms with Crippen molar-refractivity contribution in [3.8, 4) is 0 Å². The quantitative estimate of drug-likeness (QED) is 0.855. The summed E-state index contributed by atoms with van der Waals surface area (Å²) < 4.78 is 9.83. The molecule has 1 aromatic rings. The lowest BCUT2D eigenvalue weighted by Gasteiger charge is -2.22. The summed E-state index contributed by atoms with van der Waals surface area (Å²) in [6.07, 6.45) is -0.804. The number of carbonyl (C=O) groups is 2. The second-order valence-electron chi connectivity index (χ2n) is 4.40. The molecule has 0 radical (unpaired) electrons. The third-order valence-electron chi connectivity index (χ3n) is 2.22. The lowest BCUT2D eigenvalue weighted by Crippen LogP contribution is -2.40. The Morgan fingerprint density at radius 1 is 1.20 bits per heavy atom. The fourth-order valence-electron chi connectivity index (χ4n) is 1.35. The SMILES string of the molecule is CCOC(=O)C(C)(C)OC(=O)Nc1cc(Cl)cc(Cl)c1. The molecule has 1 amide bonds. The Labute approximate surface area is 127 Å². The van der Waals surface area contributed by atoms with E-state index < -0.39 is 17.7 Å². The number of amides is 1. The standard InChI is InChI=1S/C13H15Cl2NO4/c1-4-19-11(17)13(2,3)20-12(18)16-10-6-8(14)5-9(15)7-10/h5-7H,4H2,1-3H3,(H,16,18). The van der Waals surface area contributed by atoms with Gasteiger partial charge in [0.15, 0.2) is 0 Å². The zero-order valence-corrected chi connectivity index (χ0v) is 12.8. The molecular weight excluding hydrogens is 305 g/mol. The first-order valence-corrected chi connectivity index (χ1v) is 6.63. The molecular formula is C13H15Cl2NO4. The maximum Gasteiger partial charge on any atom is 0.412 e. The van der Waals surface area contributed by atoms with Crippen LogP contribution in [0.15, 0.2) is 18.2 Å². The van der Waals surface area contributed by atoms with Gasteiger partial charge in [0.05, 0.1) is 6.61 Å². The van der Waals surface area contributed by atoms with E-state index in [0.717, 1.165) is 0 Å². The van der Waals surface area contributed by atoms with Crippen molar-refractivity contribution in [2.24, 2.45) is 0 Å². The lowest BCUT2D eigenvalue weighted by molar-refractivity contribution is -0.161. The predicted octanol–water partition coefficient (Wildman–Crippen LogP) is 3.88. The van der Waals surface area contributed by atoms with Crippen LogP contribution >= 0.6 is 23.2 Å². The number of ether oxygens (including phenoxy) is 2. The van der Waals surface area contributed by atoms with E-state index in [9.17, 15) is 9.59 Å². The third-order valence-corrected chi connectivity index (χ3v) is 2.66. The van der Waals surface area contributed by atoms with Crippen molar-refractivity contribution < 1.29 is 19.1 Å². The molecule has 7 heteroatoms. The predicted molar refractivity (Wildman–Crippen MR) is 77.3 cm³/mol. The monoisotopic (exact) mass is 319 g/mol. The second kappa shape index (κ2) is 6.81. The Morgan fingerprint density at radius 3 is 2.25 bits per heavy atom. The number of anilines is 1. The van der Waals surface area contributed by atoms with Crippen molar-refractivity contribution >= 4 is 41.0 Å². The highest BCUT2D eigenvalue weighted by Gasteiger charge is 2.33. The summed E-state index contributed by atoms with van der Waals surface area (Å²) in [6, 6.07) is 4.54. The van der Waals surface area contributed by atoms with E-state index in [4.69, 9.17) is 32.7 Å². The summed E-state index contributed by atoms with van der Waals surface area (Å²) in [7, 11) is 0. The van der Waals surface area contributed by atoms with Crippen molar-refractivity contribution in [3.63, 3.8) is 0 Å². The molecule has 20 heavy (non-hydrogen) atoms. The zero-order chi connectivity index (χ0) is 15.3. The maximum absolute atomic E-state index is 11.7. The minimum atomic E-state index is -1.39. The molecule has 0 saturated carbocycles. The van der Waals surface area contributed by atoms with Crippen LogP contribution in [0.4, 0.5) is 10.5 Å². The molecule has 0 aromatic heterocycles. The van der Waals surface area contributed by atoms with Crippen molar-refractivity contribution in [3.05, 3.63) is 28.2 Å². The van der Waals surface area contributed by atoms with E-state index in [0.29, 0.717) is 15.7 Å². The molecule has 0 aliphatic carbocycles. The Morgan fingerprint density at radius 2 is 1.75 bits per heavy atom. The molecule has 1 rings (SSSR count). The van der Waals surface area contributed by atoms with Gasteiger partial charge in [-0.05, 0) is 39.0 Å². The molecule has 110 valence electrons. The van der Waals surface area contributed by atoms with Gasteiger partial charge in [-0.1, -0.05) is 23.2 Å². The number of esters is 1. The van der Waals surface area contributed by atoms with E-state index in [1.165, 1.54) is 32.0 Å². The van der Waals surface area contributed by atoms with Gasteiger partial charge in [0.25, 0.3) is 0 Å². The van der Waals surface area contributed by atoms with Crippen molar-refractivity contribution in [2.45, 2.75) is 26.4 Å². The van der Waals surface area contributed by atoms with Crippen LogP contribution in [0.25, 0.3) is 0 Å². The number of halogens is 2. The molecule has 0 saturated heterocycles. The molecule has 0 heterocycles. The van der Waals surface area contributed by atoms with Gasteiger partial charge in [0.1, 0.15) is 0 Å². The molecule has 0 aliphatic rings. The normalized spacial score (nSPS) is 10.8. The maximum atomic E-state index is 11.7. The van der Waals surface area contributed by atoms with E-state index in [2.05, 4.69) is 5.32 Å². The van der Waals surface area contributed by atoms with Crippen molar-refractivity contribution in [2.75, 3.05) is 11.9 Å². The molecule has 1 aromatic carbocycles. The van der Waals surface area contributed by atoms with Crippen LogP contribution in [0.3, 0.4) is 0 Å². The van der Waals surface area contributed by atoms with E-state index in [-0.39, 0.29) is 6.61 Å². The first-order chi connectivity index (χ1) is 9.24. The average Bonchev–Trinajstić information content (AvgIpc) is 2.26. The van der Waals surface area contributed by atoms with Crippen LogP contribution in [0.1, 0.15) is 20.8 Å². The highest BCUT2D eigenvalue weighted by Crippen LogP contribution is 2.23.